The summed E-state index contributed by atoms with van der Waals surface area (Å²) >= 11 is 3.37. The Labute approximate surface area is 188 Å². The summed E-state index contributed by atoms with van der Waals surface area (Å²) in [5.74, 6) is -0.993. The molecule has 4 rings (SSSR count). The number of H-pyrrole nitrogens is 1. The number of hydrogen-bond donors (Lipinski definition) is 2. The maximum Gasteiger partial charge on any atom is 0.267 e. The molecule has 3 aromatic rings. The third-order valence-corrected chi connectivity index (χ3v) is 7.83. The highest BCUT2D eigenvalue weighted by atomic mass is 79.9. The molecule has 162 valence electrons. The number of benzene rings is 2. The topological polar surface area (TPSA) is 115 Å². The van der Waals surface area contributed by atoms with Crippen LogP contribution in [0.4, 0.5) is 5.69 Å². The van der Waals surface area contributed by atoms with Crippen LogP contribution in [0, 0.1) is 12.8 Å². The number of aromatic hydroxyl groups is 1. The fourth-order valence-electron chi connectivity index (χ4n) is 3.62. The Bertz CT molecular complexity index is 1260. The van der Waals surface area contributed by atoms with Crippen LogP contribution >= 0.6 is 15.9 Å². The summed E-state index contributed by atoms with van der Waals surface area (Å²) in [6, 6.07) is 12.1. The molecule has 0 atom stereocenters. The van der Waals surface area contributed by atoms with Crippen molar-refractivity contribution in [3.05, 3.63) is 52.5 Å². The molecule has 1 fully saturated rings. The van der Waals surface area contributed by atoms with E-state index in [0.29, 0.717) is 23.7 Å². The Morgan fingerprint density at radius 3 is 2.52 bits per heavy atom. The first kappa shape index (κ1) is 21.7. The fraction of sp³-hybridized carbons (Fsp3) is 0.286. The number of aromatic nitrogens is 1. The number of fused-ring (bicyclic) bond motifs is 1. The van der Waals surface area contributed by atoms with Crippen molar-refractivity contribution in [2.45, 2.75) is 24.7 Å². The summed E-state index contributed by atoms with van der Waals surface area (Å²) in [6.45, 7) is 2.39. The predicted molar refractivity (Wildman–Crippen MR) is 120 cm³/mol. The van der Waals surface area contributed by atoms with Gasteiger partial charge in [-0.3, -0.25) is 4.79 Å². The molecule has 1 amide bonds. The first-order valence-electron chi connectivity index (χ1n) is 9.78. The van der Waals surface area contributed by atoms with Gasteiger partial charge in [-0.05, 0) is 50.1 Å². The number of halogens is 1. The van der Waals surface area contributed by atoms with Crippen molar-refractivity contribution in [2.24, 2.45) is 16.1 Å². The zero-order valence-electron chi connectivity index (χ0n) is 16.7. The highest BCUT2D eigenvalue weighted by Gasteiger charge is 2.32. The minimum absolute atomic E-state index is 0.163. The molecule has 31 heavy (non-hydrogen) atoms. The summed E-state index contributed by atoms with van der Waals surface area (Å²) in [5, 5.41) is 18.5. The number of hydrogen-bond acceptors (Lipinski definition) is 5. The Hall–Kier alpha value is -2.56. The van der Waals surface area contributed by atoms with Crippen molar-refractivity contribution in [1.82, 2.24) is 9.29 Å². The Kier molecular flexibility index (Phi) is 5.96. The van der Waals surface area contributed by atoms with Crippen molar-refractivity contribution in [1.29, 1.82) is 0 Å². The van der Waals surface area contributed by atoms with Gasteiger partial charge in [-0.25, -0.2) is 8.42 Å². The molecular formula is C21H21BrN4O4S. The lowest BCUT2D eigenvalue weighted by molar-refractivity contribution is -0.123. The molecule has 2 heterocycles. The average molecular weight is 505 g/mol. The van der Waals surface area contributed by atoms with E-state index < -0.39 is 21.8 Å². The van der Waals surface area contributed by atoms with E-state index in [4.69, 9.17) is 0 Å². The Morgan fingerprint density at radius 2 is 1.84 bits per heavy atom. The van der Waals surface area contributed by atoms with Gasteiger partial charge in [-0.2, -0.15) is 4.31 Å². The molecule has 0 radical (unpaired) electrons. The number of aryl methyl sites for hydroxylation is 1. The van der Waals surface area contributed by atoms with E-state index in [1.165, 1.54) is 4.31 Å². The van der Waals surface area contributed by atoms with Gasteiger partial charge in [-0.15, -0.1) is 10.2 Å². The fourth-order valence-corrected chi connectivity index (χ4v) is 5.45. The first-order valence-corrected chi connectivity index (χ1v) is 12.0. The van der Waals surface area contributed by atoms with Gasteiger partial charge in [0.15, 0.2) is 5.69 Å². The molecule has 10 heteroatoms. The van der Waals surface area contributed by atoms with Crippen LogP contribution in [0.1, 0.15) is 18.4 Å². The number of carbonyl (C=O) groups is 1. The number of sulfonamides is 1. The second-order valence-electron chi connectivity index (χ2n) is 7.54. The molecule has 1 saturated heterocycles. The molecule has 0 saturated carbocycles. The largest absolute Gasteiger partial charge is 0.493 e. The smallest absolute Gasteiger partial charge is 0.267 e. The van der Waals surface area contributed by atoms with Crippen LogP contribution in [0.5, 0.6) is 5.88 Å². The molecule has 0 bridgehead atoms. The summed E-state index contributed by atoms with van der Waals surface area (Å²) in [7, 11) is -3.58. The van der Waals surface area contributed by atoms with Crippen molar-refractivity contribution in [3.63, 3.8) is 0 Å². The van der Waals surface area contributed by atoms with Crippen molar-refractivity contribution in [2.75, 3.05) is 13.1 Å². The van der Waals surface area contributed by atoms with E-state index >= 15 is 0 Å². The molecule has 0 spiro atoms. The number of rotatable bonds is 4. The summed E-state index contributed by atoms with van der Waals surface area (Å²) in [5.41, 5.74) is 1.86. The van der Waals surface area contributed by atoms with Gasteiger partial charge >= 0.3 is 0 Å². The Morgan fingerprint density at radius 1 is 1.16 bits per heavy atom. The number of nitrogens with one attached hydrogen (secondary N) is 1. The zero-order valence-corrected chi connectivity index (χ0v) is 19.1. The molecule has 1 aliphatic heterocycles. The second-order valence-corrected chi connectivity index (χ2v) is 10.4. The van der Waals surface area contributed by atoms with Crippen LogP contribution in [0.25, 0.3) is 10.9 Å². The van der Waals surface area contributed by atoms with Crippen LogP contribution in [0.2, 0.25) is 0 Å². The second kappa shape index (κ2) is 8.52. The van der Waals surface area contributed by atoms with Gasteiger partial charge in [0, 0.05) is 28.9 Å². The van der Waals surface area contributed by atoms with Crippen molar-refractivity contribution >= 4 is 48.5 Å². The number of carbonyl (C=O) groups excluding carboxylic acids is 1. The number of azo groups is 1. The molecule has 0 unspecified atom stereocenters. The average Bonchev–Trinajstić information content (AvgIpc) is 3.06. The minimum atomic E-state index is -3.58. The van der Waals surface area contributed by atoms with E-state index in [-0.39, 0.29) is 29.6 Å². The normalized spacial score (nSPS) is 16.3. The Balaban J connectivity index is 1.44. The molecule has 0 aliphatic carbocycles. The number of amides is 1. The first-order chi connectivity index (χ1) is 14.8. The standard InChI is InChI=1S/C21H21BrN4O4S/c1-13-2-5-16(6-3-13)31(29,30)26-10-8-14(9-11-26)20(27)25-24-19-17-12-15(22)4-7-18(17)23-21(19)28/h2-7,12,14,23,28H,8-11H2,1H3. The van der Waals surface area contributed by atoms with Gasteiger partial charge in [0.1, 0.15) is 0 Å². The van der Waals surface area contributed by atoms with Gasteiger partial charge in [0.2, 0.25) is 15.9 Å². The van der Waals surface area contributed by atoms with Crippen molar-refractivity contribution < 1.29 is 18.3 Å². The maximum atomic E-state index is 12.8. The summed E-state index contributed by atoms with van der Waals surface area (Å²) in [6.07, 6.45) is 0.739. The van der Waals surface area contributed by atoms with Crippen LogP contribution in [0.15, 0.2) is 62.1 Å². The van der Waals surface area contributed by atoms with E-state index in [9.17, 15) is 18.3 Å². The van der Waals surface area contributed by atoms with E-state index in [1.54, 1.807) is 36.4 Å². The molecule has 2 aromatic carbocycles. The van der Waals surface area contributed by atoms with Gasteiger partial charge in [0.05, 0.1) is 10.4 Å². The van der Waals surface area contributed by atoms with Crippen LogP contribution in [-0.4, -0.2) is 41.8 Å². The minimum Gasteiger partial charge on any atom is -0.493 e. The lowest BCUT2D eigenvalue weighted by Crippen LogP contribution is -2.39. The lowest BCUT2D eigenvalue weighted by Gasteiger charge is -2.29. The third-order valence-electron chi connectivity index (χ3n) is 5.42. The highest BCUT2D eigenvalue weighted by Crippen LogP contribution is 2.37. The molecule has 2 N–H and O–H groups in total. The SMILES string of the molecule is Cc1ccc(S(=O)(=O)N2CCC(C(=O)N=Nc3c(O)[nH]c4ccc(Br)cc34)CC2)cc1. The predicted octanol–water partition coefficient (Wildman–Crippen LogP) is 4.66. The van der Waals surface area contributed by atoms with Crippen LogP contribution in [0.3, 0.4) is 0 Å². The zero-order chi connectivity index (χ0) is 22.2. The van der Waals surface area contributed by atoms with Gasteiger partial charge in [0.25, 0.3) is 5.91 Å². The molecular weight excluding hydrogens is 484 g/mol. The monoisotopic (exact) mass is 504 g/mol. The highest BCUT2D eigenvalue weighted by molar-refractivity contribution is 9.10. The van der Waals surface area contributed by atoms with E-state index in [1.807, 2.05) is 13.0 Å². The van der Waals surface area contributed by atoms with E-state index in [0.717, 1.165) is 10.0 Å². The van der Waals surface area contributed by atoms with E-state index in [2.05, 4.69) is 31.1 Å². The van der Waals surface area contributed by atoms with Crippen molar-refractivity contribution in [3.8, 4) is 5.88 Å². The quantitative estimate of drug-likeness (QED) is 0.502. The maximum absolute atomic E-state index is 12.8. The van der Waals surface area contributed by atoms with Crippen LogP contribution in [-0.2, 0) is 14.8 Å². The molecule has 1 aliphatic rings. The molecule has 1 aromatic heterocycles. The number of aromatic amines is 1. The van der Waals surface area contributed by atoms with Gasteiger partial charge in [-0.1, -0.05) is 33.6 Å². The van der Waals surface area contributed by atoms with Crippen LogP contribution < -0.4 is 0 Å². The number of nitrogens with zero attached hydrogens (tertiary/aromatic N) is 3. The third kappa shape index (κ3) is 4.41. The lowest BCUT2D eigenvalue weighted by atomic mass is 9.98. The number of piperidine rings is 1. The summed E-state index contributed by atoms with van der Waals surface area (Å²) < 4.78 is 27.8. The summed E-state index contributed by atoms with van der Waals surface area (Å²) in [4.78, 5) is 15.6. The molecule has 8 nitrogen and oxygen atoms in total. The van der Waals surface area contributed by atoms with Gasteiger partial charge < -0.3 is 10.1 Å².